The summed E-state index contributed by atoms with van der Waals surface area (Å²) in [4.78, 5) is 12.5. The summed E-state index contributed by atoms with van der Waals surface area (Å²) in [6.07, 6.45) is 3.36. The maximum absolute atomic E-state index is 5.38. The second kappa shape index (κ2) is 2.80. The molecule has 0 fully saturated rings. The Hall–Kier alpha value is -1.45. The van der Waals surface area contributed by atoms with E-state index in [0.717, 1.165) is 0 Å². The molecule has 0 atom stereocenters. The van der Waals surface area contributed by atoms with Crippen LogP contribution in [0.1, 0.15) is 19.7 Å². The van der Waals surface area contributed by atoms with E-state index < -0.39 is 0 Å². The molecule has 68 valence electrons. The lowest BCUT2D eigenvalue weighted by Gasteiger charge is -2.07. The summed E-state index contributed by atoms with van der Waals surface area (Å²) in [5.41, 5.74) is -0.144. The molecule has 0 unspecified atom stereocenters. The average Bonchev–Trinajstić information content (AvgIpc) is 2.48. The molecule has 0 N–H and O–H groups in total. The fourth-order valence-corrected chi connectivity index (χ4v) is 1.11. The minimum absolute atomic E-state index is 0.144. The number of aromatic nitrogens is 2. The van der Waals surface area contributed by atoms with Gasteiger partial charge in [-0.05, 0) is 19.9 Å². The van der Waals surface area contributed by atoms with Crippen LogP contribution in [0.3, 0.4) is 0 Å². The third kappa shape index (κ3) is 1.66. The molecule has 0 saturated heterocycles. The van der Waals surface area contributed by atoms with Crippen LogP contribution in [0, 0.1) is 0 Å². The van der Waals surface area contributed by atoms with Gasteiger partial charge in [-0.1, -0.05) is 0 Å². The molecule has 4 nitrogen and oxygen atoms in total. The van der Waals surface area contributed by atoms with Gasteiger partial charge < -0.3 is 4.74 Å². The standard InChI is InChI=1S/C9H11N3O/c1-9(2)6-13-8(12-9)7-10-4-3-5-11-7/h3-5H,6H2,1-2H3. The highest BCUT2D eigenvalue weighted by molar-refractivity contribution is 5.91. The van der Waals surface area contributed by atoms with E-state index in [1.165, 1.54) is 0 Å². The van der Waals surface area contributed by atoms with Crippen molar-refractivity contribution in [3.05, 3.63) is 24.3 Å². The van der Waals surface area contributed by atoms with Gasteiger partial charge in [-0.2, -0.15) is 0 Å². The molecule has 1 aromatic rings. The normalized spacial score (nSPS) is 19.4. The highest BCUT2D eigenvalue weighted by Crippen LogP contribution is 2.18. The van der Waals surface area contributed by atoms with Crippen molar-refractivity contribution in [3.63, 3.8) is 0 Å². The Morgan fingerprint density at radius 3 is 2.54 bits per heavy atom. The Bertz CT molecular complexity index is 332. The van der Waals surface area contributed by atoms with Gasteiger partial charge in [-0.15, -0.1) is 0 Å². The Balaban J connectivity index is 2.30. The molecular formula is C9H11N3O. The SMILES string of the molecule is CC1(C)COC(c2ncccn2)=N1. The van der Waals surface area contributed by atoms with Crippen molar-refractivity contribution in [3.8, 4) is 0 Å². The van der Waals surface area contributed by atoms with E-state index in [4.69, 9.17) is 4.74 Å². The summed E-state index contributed by atoms with van der Waals surface area (Å²) >= 11 is 0. The molecule has 0 saturated carbocycles. The molecule has 2 rings (SSSR count). The average molecular weight is 177 g/mol. The van der Waals surface area contributed by atoms with Crippen LogP contribution >= 0.6 is 0 Å². The predicted molar refractivity (Wildman–Crippen MR) is 48.6 cm³/mol. The fourth-order valence-electron chi connectivity index (χ4n) is 1.11. The van der Waals surface area contributed by atoms with Crippen LogP contribution in [0.2, 0.25) is 0 Å². The highest BCUT2D eigenvalue weighted by Gasteiger charge is 2.28. The summed E-state index contributed by atoms with van der Waals surface area (Å²) in [5.74, 6) is 1.11. The first-order valence-corrected chi connectivity index (χ1v) is 4.17. The Labute approximate surface area is 76.7 Å². The van der Waals surface area contributed by atoms with Crippen LogP contribution in [0.15, 0.2) is 23.5 Å². The van der Waals surface area contributed by atoms with Gasteiger partial charge in [0.15, 0.2) is 0 Å². The number of ether oxygens (including phenoxy) is 1. The van der Waals surface area contributed by atoms with Crippen LogP contribution in [-0.4, -0.2) is 28.0 Å². The van der Waals surface area contributed by atoms with Crippen molar-refractivity contribution in [2.24, 2.45) is 4.99 Å². The van der Waals surface area contributed by atoms with E-state index in [-0.39, 0.29) is 5.54 Å². The first-order valence-electron chi connectivity index (χ1n) is 4.17. The number of aliphatic imine (C=N–C) groups is 1. The lowest BCUT2D eigenvalue weighted by Crippen LogP contribution is -2.17. The smallest absolute Gasteiger partial charge is 0.255 e. The molecule has 0 spiro atoms. The van der Waals surface area contributed by atoms with E-state index in [9.17, 15) is 0 Å². The number of nitrogens with zero attached hydrogens (tertiary/aromatic N) is 3. The minimum atomic E-state index is -0.144. The van der Waals surface area contributed by atoms with Gasteiger partial charge in [0.25, 0.3) is 5.90 Å². The molecule has 0 amide bonds. The molecular weight excluding hydrogens is 166 g/mol. The molecule has 0 aliphatic carbocycles. The summed E-state index contributed by atoms with van der Waals surface area (Å²) in [6, 6.07) is 1.77. The molecule has 0 bridgehead atoms. The third-order valence-corrected chi connectivity index (χ3v) is 1.72. The molecule has 0 radical (unpaired) electrons. The second-order valence-electron chi connectivity index (χ2n) is 3.59. The van der Waals surface area contributed by atoms with E-state index in [1.54, 1.807) is 18.5 Å². The van der Waals surface area contributed by atoms with Crippen LogP contribution < -0.4 is 0 Å². The topological polar surface area (TPSA) is 47.4 Å². The maximum atomic E-state index is 5.38. The molecule has 1 aromatic heterocycles. The predicted octanol–water partition coefficient (Wildman–Crippen LogP) is 1.03. The molecule has 2 heterocycles. The summed E-state index contributed by atoms with van der Waals surface area (Å²) < 4.78 is 5.38. The quantitative estimate of drug-likeness (QED) is 0.643. The first kappa shape index (κ1) is 8.16. The number of rotatable bonds is 1. The highest BCUT2D eigenvalue weighted by atomic mass is 16.5. The van der Waals surface area contributed by atoms with Gasteiger partial charge in [-0.25, -0.2) is 15.0 Å². The van der Waals surface area contributed by atoms with Crippen LogP contribution in [0.25, 0.3) is 0 Å². The number of hydrogen-bond donors (Lipinski definition) is 0. The third-order valence-electron chi connectivity index (χ3n) is 1.72. The van der Waals surface area contributed by atoms with E-state index >= 15 is 0 Å². The van der Waals surface area contributed by atoms with Gasteiger partial charge in [0.1, 0.15) is 6.61 Å². The molecule has 13 heavy (non-hydrogen) atoms. The fraction of sp³-hybridized carbons (Fsp3) is 0.444. The summed E-state index contributed by atoms with van der Waals surface area (Å²) in [5, 5.41) is 0. The van der Waals surface area contributed by atoms with Crippen molar-refractivity contribution in [2.45, 2.75) is 19.4 Å². The van der Waals surface area contributed by atoms with E-state index in [2.05, 4.69) is 15.0 Å². The molecule has 1 aliphatic heterocycles. The van der Waals surface area contributed by atoms with E-state index in [1.807, 2.05) is 13.8 Å². The first-order chi connectivity index (χ1) is 6.17. The van der Waals surface area contributed by atoms with Crippen molar-refractivity contribution in [1.82, 2.24) is 9.97 Å². The maximum Gasteiger partial charge on any atom is 0.255 e. The zero-order valence-electron chi connectivity index (χ0n) is 7.69. The van der Waals surface area contributed by atoms with Crippen molar-refractivity contribution in [2.75, 3.05) is 6.61 Å². The van der Waals surface area contributed by atoms with Gasteiger partial charge in [-0.3, -0.25) is 0 Å². The summed E-state index contributed by atoms with van der Waals surface area (Å²) in [6.45, 7) is 4.63. The lowest BCUT2D eigenvalue weighted by molar-refractivity contribution is 0.278. The number of hydrogen-bond acceptors (Lipinski definition) is 4. The zero-order valence-corrected chi connectivity index (χ0v) is 7.69. The molecule has 0 aromatic carbocycles. The minimum Gasteiger partial charge on any atom is -0.473 e. The Kier molecular flexibility index (Phi) is 1.76. The van der Waals surface area contributed by atoms with Gasteiger partial charge in [0, 0.05) is 12.4 Å². The largest absolute Gasteiger partial charge is 0.473 e. The Morgan fingerprint density at radius 2 is 2.00 bits per heavy atom. The van der Waals surface area contributed by atoms with Crippen molar-refractivity contribution in [1.29, 1.82) is 0 Å². The zero-order chi connectivity index (χ0) is 9.31. The second-order valence-corrected chi connectivity index (χ2v) is 3.59. The molecule has 4 heteroatoms. The van der Waals surface area contributed by atoms with Crippen LogP contribution in [0.4, 0.5) is 0 Å². The van der Waals surface area contributed by atoms with E-state index in [0.29, 0.717) is 18.3 Å². The van der Waals surface area contributed by atoms with Gasteiger partial charge in [0.2, 0.25) is 5.82 Å². The van der Waals surface area contributed by atoms with Crippen molar-refractivity contribution < 1.29 is 4.74 Å². The Morgan fingerprint density at radius 1 is 1.31 bits per heavy atom. The van der Waals surface area contributed by atoms with Gasteiger partial charge in [0.05, 0.1) is 5.54 Å². The van der Waals surface area contributed by atoms with Gasteiger partial charge >= 0.3 is 0 Å². The van der Waals surface area contributed by atoms with Crippen LogP contribution in [-0.2, 0) is 4.74 Å². The van der Waals surface area contributed by atoms with Crippen LogP contribution in [0.5, 0.6) is 0 Å². The lowest BCUT2D eigenvalue weighted by atomic mass is 10.1. The molecule has 1 aliphatic rings. The summed E-state index contributed by atoms with van der Waals surface area (Å²) in [7, 11) is 0. The monoisotopic (exact) mass is 177 g/mol. The van der Waals surface area contributed by atoms with Crippen molar-refractivity contribution >= 4 is 5.90 Å².